The number of nitriles is 1. The Kier molecular flexibility index (Phi) is 7.22. The normalized spacial score (nSPS) is 18.6. The van der Waals surface area contributed by atoms with Gasteiger partial charge in [0, 0.05) is 19.3 Å². The van der Waals surface area contributed by atoms with Gasteiger partial charge in [-0.25, -0.2) is 0 Å². The van der Waals surface area contributed by atoms with E-state index in [0.29, 0.717) is 19.7 Å². The number of nitrogens with zero attached hydrogens (tertiary/aromatic N) is 2. The molecule has 1 heterocycles. The van der Waals surface area contributed by atoms with E-state index < -0.39 is 5.91 Å². The van der Waals surface area contributed by atoms with E-state index in [-0.39, 0.29) is 23.5 Å². The molecule has 2 rings (SSSR count). The van der Waals surface area contributed by atoms with Crippen LogP contribution in [0.1, 0.15) is 38.3 Å². The van der Waals surface area contributed by atoms with E-state index in [1.54, 1.807) is 13.1 Å². The van der Waals surface area contributed by atoms with Crippen LogP contribution < -0.4 is 5.32 Å². The maximum Gasteiger partial charge on any atom is 0.310 e. The second-order valence-electron chi connectivity index (χ2n) is 6.35. The standard InChI is InChI=1S/C20H25N3O3/c1-3-26-20(25)17-10-7-11-23(13-17)14-18(12-21)19(24)22-15(2)16-8-5-4-6-9-16/h4-6,8-9,14-15,17H,3,7,10-11,13H2,1-2H3,(H,22,24)/b18-14-. The highest BCUT2D eigenvalue weighted by Crippen LogP contribution is 2.19. The molecule has 2 unspecified atom stereocenters. The van der Waals surface area contributed by atoms with Crippen molar-refractivity contribution in [2.75, 3.05) is 19.7 Å². The van der Waals surface area contributed by atoms with Crippen molar-refractivity contribution in [1.29, 1.82) is 5.26 Å². The smallest absolute Gasteiger partial charge is 0.310 e. The van der Waals surface area contributed by atoms with Crippen molar-refractivity contribution < 1.29 is 14.3 Å². The fourth-order valence-corrected chi connectivity index (χ4v) is 3.00. The highest BCUT2D eigenvalue weighted by atomic mass is 16.5. The number of benzene rings is 1. The molecule has 1 aromatic rings. The van der Waals surface area contributed by atoms with Crippen molar-refractivity contribution in [2.24, 2.45) is 5.92 Å². The number of carbonyl (C=O) groups is 2. The van der Waals surface area contributed by atoms with E-state index in [9.17, 15) is 14.9 Å². The first-order valence-electron chi connectivity index (χ1n) is 8.93. The quantitative estimate of drug-likeness (QED) is 0.482. The number of nitrogens with one attached hydrogen (secondary N) is 1. The Morgan fingerprint density at radius 2 is 2.15 bits per heavy atom. The molecule has 26 heavy (non-hydrogen) atoms. The summed E-state index contributed by atoms with van der Waals surface area (Å²) in [5.74, 6) is -0.848. The molecule has 1 aliphatic heterocycles. The molecule has 6 nitrogen and oxygen atoms in total. The number of esters is 1. The minimum absolute atomic E-state index is 0.0392. The Morgan fingerprint density at radius 3 is 2.81 bits per heavy atom. The maximum atomic E-state index is 12.4. The summed E-state index contributed by atoms with van der Waals surface area (Å²) in [6, 6.07) is 11.3. The van der Waals surface area contributed by atoms with Crippen molar-refractivity contribution in [3.8, 4) is 6.07 Å². The van der Waals surface area contributed by atoms with Crippen LogP contribution in [0.3, 0.4) is 0 Å². The summed E-state index contributed by atoms with van der Waals surface area (Å²) in [5.41, 5.74) is 1.01. The van der Waals surface area contributed by atoms with Crippen LogP contribution in [0.2, 0.25) is 0 Å². The molecule has 1 aliphatic rings. The molecule has 6 heteroatoms. The van der Waals surface area contributed by atoms with E-state index in [1.165, 1.54) is 0 Å². The first-order valence-corrected chi connectivity index (χ1v) is 8.93. The number of rotatable bonds is 6. The van der Waals surface area contributed by atoms with E-state index in [1.807, 2.05) is 48.2 Å². The zero-order chi connectivity index (χ0) is 18.9. The predicted molar refractivity (Wildman–Crippen MR) is 97.6 cm³/mol. The van der Waals surface area contributed by atoms with Crippen LogP contribution >= 0.6 is 0 Å². The lowest BCUT2D eigenvalue weighted by atomic mass is 9.98. The third kappa shape index (κ3) is 5.35. The fraction of sp³-hybridized carbons (Fsp3) is 0.450. The molecule has 0 radical (unpaired) electrons. The molecule has 1 saturated heterocycles. The van der Waals surface area contributed by atoms with Crippen LogP contribution in [0, 0.1) is 17.2 Å². The number of likely N-dealkylation sites (tertiary alicyclic amines) is 1. The van der Waals surface area contributed by atoms with Crippen molar-refractivity contribution in [3.63, 3.8) is 0 Å². The number of hydrogen-bond acceptors (Lipinski definition) is 5. The zero-order valence-electron chi connectivity index (χ0n) is 15.3. The largest absolute Gasteiger partial charge is 0.466 e. The number of amides is 1. The second kappa shape index (κ2) is 9.62. The SMILES string of the molecule is CCOC(=O)C1CCCN(/C=C(/C#N)C(=O)NC(C)c2ccccc2)C1. The minimum Gasteiger partial charge on any atom is -0.466 e. The van der Waals surface area contributed by atoms with E-state index >= 15 is 0 Å². The fourth-order valence-electron chi connectivity index (χ4n) is 3.00. The van der Waals surface area contributed by atoms with E-state index in [2.05, 4.69) is 5.32 Å². The molecule has 0 spiro atoms. The van der Waals surface area contributed by atoms with Crippen LogP contribution in [0.4, 0.5) is 0 Å². The van der Waals surface area contributed by atoms with Gasteiger partial charge in [0.1, 0.15) is 11.6 Å². The Labute approximate surface area is 154 Å². The highest BCUT2D eigenvalue weighted by Gasteiger charge is 2.26. The third-order valence-corrected chi connectivity index (χ3v) is 4.40. The van der Waals surface area contributed by atoms with Crippen molar-refractivity contribution in [3.05, 3.63) is 47.7 Å². The molecule has 2 atom stereocenters. The average Bonchev–Trinajstić information content (AvgIpc) is 2.67. The third-order valence-electron chi connectivity index (χ3n) is 4.40. The maximum absolute atomic E-state index is 12.4. The second-order valence-corrected chi connectivity index (χ2v) is 6.35. The molecular weight excluding hydrogens is 330 g/mol. The van der Waals surface area contributed by atoms with Gasteiger partial charge in [0.05, 0.1) is 18.6 Å². The van der Waals surface area contributed by atoms with Gasteiger partial charge in [-0.05, 0) is 32.3 Å². The molecule has 138 valence electrons. The van der Waals surface area contributed by atoms with Crippen molar-refractivity contribution >= 4 is 11.9 Å². The van der Waals surface area contributed by atoms with Crippen molar-refractivity contribution in [1.82, 2.24) is 10.2 Å². The van der Waals surface area contributed by atoms with Gasteiger partial charge < -0.3 is 15.0 Å². The lowest BCUT2D eigenvalue weighted by molar-refractivity contribution is -0.149. The summed E-state index contributed by atoms with van der Waals surface area (Å²) in [4.78, 5) is 26.2. The highest BCUT2D eigenvalue weighted by molar-refractivity contribution is 5.97. The molecule has 1 aromatic carbocycles. The molecule has 0 aromatic heterocycles. The van der Waals surface area contributed by atoms with Crippen LogP contribution in [-0.4, -0.2) is 36.5 Å². The van der Waals surface area contributed by atoms with Crippen LogP contribution in [-0.2, 0) is 14.3 Å². The number of carbonyl (C=O) groups excluding carboxylic acids is 2. The Balaban J connectivity index is 2.01. The lowest BCUT2D eigenvalue weighted by Crippen LogP contribution is -2.37. The molecule has 0 aliphatic carbocycles. The predicted octanol–water partition coefficient (Wildman–Crippen LogP) is 2.55. The summed E-state index contributed by atoms with van der Waals surface area (Å²) >= 11 is 0. The first-order chi connectivity index (χ1) is 12.5. The summed E-state index contributed by atoms with van der Waals surface area (Å²) < 4.78 is 5.08. The molecule has 0 saturated carbocycles. The zero-order valence-corrected chi connectivity index (χ0v) is 15.3. The van der Waals surface area contributed by atoms with Gasteiger partial charge in [0.2, 0.25) is 0 Å². The first kappa shape index (κ1) is 19.5. The molecule has 1 N–H and O–H groups in total. The van der Waals surface area contributed by atoms with Gasteiger partial charge in [-0.1, -0.05) is 30.3 Å². The van der Waals surface area contributed by atoms with Gasteiger partial charge >= 0.3 is 5.97 Å². The molecule has 1 fully saturated rings. The topological polar surface area (TPSA) is 82.4 Å². The number of piperidine rings is 1. The minimum atomic E-state index is -0.415. The van der Waals surface area contributed by atoms with Gasteiger partial charge in [0.25, 0.3) is 5.91 Å². The Bertz CT molecular complexity index is 694. The Morgan fingerprint density at radius 1 is 1.42 bits per heavy atom. The van der Waals surface area contributed by atoms with Gasteiger partial charge in [-0.3, -0.25) is 9.59 Å². The van der Waals surface area contributed by atoms with E-state index in [0.717, 1.165) is 18.4 Å². The van der Waals surface area contributed by atoms with Gasteiger partial charge in [-0.2, -0.15) is 5.26 Å². The van der Waals surface area contributed by atoms with Crippen LogP contribution in [0.5, 0.6) is 0 Å². The summed E-state index contributed by atoms with van der Waals surface area (Å²) in [6.07, 6.45) is 3.14. The monoisotopic (exact) mass is 355 g/mol. The summed E-state index contributed by atoms with van der Waals surface area (Å²) in [7, 11) is 0. The van der Waals surface area contributed by atoms with Gasteiger partial charge in [0.15, 0.2) is 0 Å². The van der Waals surface area contributed by atoms with Crippen LogP contribution in [0.15, 0.2) is 42.1 Å². The summed E-state index contributed by atoms with van der Waals surface area (Å²) in [6.45, 7) is 5.19. The van der Waals surface area contributed by atoms with Gasteiger partial charge in [-0.15, -0.1) is 0 Å². The number of ether oxygens (including phenoxy) is 1. The lowest BCUT2D eigenvalue weighted by Gasteiger charge is -2.30. The number of hydrogen-bond donors (Lipinski definition) is 1. The van der Waals surface area contributed by atoms with E-state index in [4.69, 9.17) is 4.74 Å². The molecule has 1 amide bonds. The van der Waals surface area contributed by atoms with Crippen molar-refractivity contribution in [2.45, 2.75) is 32.7 Å². The average molecular weight is 355 g/mol. The Hall–Kier alpha value is -2.81. The van der Waals surface area contributed by atoms with Crippen LogP contribution in [0.25, 0.3) is 0 Å². The summed E-state index contributed by atoms with van der Waals surface area (Å²) in [5, 5.41) is 12.2. The molecular formula is C20H25N3O3. The molecule has 0 bridgehead atoms.